The van der Waals surface area contributed by atoms with Crippen LogP contribution in [0.5, 0.6) is 0 Å². The van der Waals surface area contributed by atoms with Crippen LogP contribution in [0.15, 0.2) is 144 Å². The van der Waals surface area contributed by atoms with E-state index in [9.17, 15) is 5.26 Å². The number of furan rings is 1. The Bertz CT molecular complexity index is 3140. The van der Waals surface area contributed by atoms with E-state index >= 15 is 0 Å². The average Bonchev–Trinajstić information content (AvgIpc) is 3.85. The average molecular weight is 640 g/mol. The molecule has 1 aliphatic carbocycles. The van der Waals surface area contributed by atoms with Gasteiger partial charge in [0.2, 0.25) is 0 Å². The molecule has 0 saturated carbocycles. The lowest BCUT2D eigenvalue weighted by atomic mass is 9.82. The summed E-state index contributed by atoms with van der Waals surface area (Å²) in [5.41, 5.74) is 14.4. The summed E-state index contributed by atoms with van der Waals surface area (Å²) >= 11 is 0. The van der Waals surface area contributed by atoms with E-state index in [0.29, 0.717) is 5.56 Å². The van der Waals surface area contributed by atoms with Crippen molar-refractivity contribution in [3.8, 4) is 28.6 Å². The van der Waals surface area contributed by atoms with Crippen molar-refractivity contribution in [1.29, 1.82) is 5.26 Å². The molecule has 0 bridgehead atoms. The lowest BCUT2D eigenvalue weighted by Crippen LogP contribution is -2.14. The molecule has 0 aliphatic heterocycles. The maximum Gasteiger partial charge on any atom is 0.135 e. The van der Waals surface area contributed by atoms with Crippen molar-refractivity contribution in [2.75, 3.05) is 0 Å². The maximum atomic E-state index is 9.63. The quantitative estimate of drug-likeness (QED) is 0.189. The molecule has 0 amide bonds. The highest BCUT2D eigenvalue weighted by molar-refractivity contribution is 6.13. The summed E-state index contributed by atoms with van der Waals surface area (Å²) in [6.45, 7) is 4.69. The zero-order valence-corrected chi connectivity index (χ0v) is 27.5. The van der Waals surface area contributed by atoms with Crippen LogP contribution in [0, 0.1) is 11.3 Å². The molecule has 11 rings (SSSR count). The monoisotopic (exact) mass is 639 g/mol. The van der Waals surface area contributed by atoms with Crippen LogP contribution in [0.1, 0.15) is 30.5 Å². The fraction of sp³-hybridized carbons (Fsp3) is 0.0652. The van der Waals surface area contributed by atoms with Crippen LogP contribution in [-0.2, 0) is 5.41 Å². The predicted molar refractivity (Wildman–Crippen MR) is 205 cm³/mol. The Morgan fingerprint density at radius 1 is 0.480 bits per heavy atom. The predicted octanol–water partition coefficient (Wildman–Crippen LogP) is 12.0. The maximum absolute atomic E-state index is 9.63. The molecule has 4 heteroatoms. The number of aromatic nitrogens is 2. The molecule has 0 spiro atoms. The first-order valence-electron chi connectivity index (χ1n) is 17.1. The number of para-hydroxylation sites is 2. The Labute approximate surface area is 287 Å². The van der Waals surface area contributed by atoms with E-state index in [1.54, 1.807) is 0 Å². The van der Waals surface area contributed by atoms with Gasteiger partial charge in [0.05, 0.1) is 33.7 Å². The topological polar surface area (TPSA) is 46.8 Å². The van der Waals surface area contributed by atoms with Crippen molar-refractivity contribution >= 4 is 65.6 Å². The van der Waals surface area contributed by atoms with Crippen LogP contribution in [0.3, 0.4) is 0 Å². The summed E-state index contributed by atoms with van der Waals surface area (Å²) in [4.78, 5) is 0. The summed E-state index contributed by atoms with van der Waals surface area (Å²) in [5.74, 6) is 0. The molecule has 0 unspecified atom stereocenters. The van der Waals surface area contributed by atoms with Gasteiger partial charge in [-0.25, -0.2) is 0 Å². The van der Waals surface area contributed by atoms with Crippen molar-refractivity contribution in [3.63, 3.8) is 0 Å². The highest BCUT2D eigenvalue weighted by atomic mass is 16.3. The van der Waals surface area contributed by atoms with Crippen molar-refractivity contribution in [2.24, 2.45) is 0 Å². The molecule has 0 saturated heterocycles. The molecule has 7 aromatic carbocycles. The largest absolute Gasteiger partial charge is 0.456 e. The van der Waals surface area contributed by atoms with E-state index in [0.717, 1.165) is 55.1 Å². The van der Waals surface area contributed by atoms with Crippen molar-refractivity contribution in [3.05, 3.63) is 156 Å². The number of fused-ring (bicyclic) bond motifs is 12. The van der Waals surface area contributed by atoms with E-state index in [1.807, 2.05) is 12.1 Å². The van der Waals surface area contributed by atoms with E-state index in [-0.39, 0.29) is 5.41 Å². The van der Waals surface area contributed by atoms with Gasteiger partial charge in [-0.2, -0.15) is 5.26 Å². The SMILES string of the molecule is CC1(C)c2ccccc2-c2cc3c(cc21)c1ccccc1n3-c1ccc2oc3ccc(-n4c5ccccc5c5cc(C#N)ccc54)cc3c2c1. The summed E-state index contributed by atoms with van der Waals surface area (Å²) in [6, 6.07) is 52.2. The number of nitrogens with zero attached hydrogens (tertiary/aromatic N) is 3. The summed E-state index contributed by atoms with van der Waals surface area (Å²) < 4.78 is 11.2. The fourth-order valence-corrected chi connectivity index (χ4v) is 8.79. The minimum atomic E-state index is -0.0655. The molecule has 234 valence electrons. The lowest BCUT2D eigenvalue weighted by Gasteiger charge is -2.21. The second-order valence-electron chi connectivity index (χ2n) is 14.1. The molecule has 0 N–H and O–H groups in total. The van der Waals surface area contributed by atoms with Crippen molar-refractivity contribution in [2.45, 2.75) is 19.3 Å². The molecule has 3 aromatic heterocycles. The third-order valence-corrected chi connectivity index (χ3v) is 11.1. The molecule has 0 radical (unpaired) electrons. The molecule has 3 heterocycles. The molecule has 0 atom stereocenters. The molecule has 0 fully saturated rings. The normalized spacial score (nSPS) is 13.5. The summed E-state index contributed by atoms with van der Waals surface area (Å²) in [6.07, 6.45) is 0. The highest BCUT2D eigenvalue weighted by Gasteiger charge is 2.36. The van der Waals surface area contributed by atoms with Gasteiger partial charge in [-0.1, -0.05) is 74.5 Å². The first-order chi connectivity index (χ1) is 24.5. The van der Waals surface area contributed by atoms with Crippen molar-refractivity contribution in [1.82, 2.24) is 9.13 Å². The standard InChI is InChI=1S/C46H29N3O/c1-46(2)38-12-6-3-9-30(38)33-25-43-35(24-39(33)46)32-11-5-8-14-41(32)49(43)29-17-20-45-37(23-29)36-22-28(16-19-44(36)50-45)48-40-13-7-4-10-31(40)34-21-27(26-47)15-18-42(34)48/h3-25H,1-2H3. The van der Waals surface area contributed by atoms with Crippen LogP contribution in [0.25, 0.3) is 88.1 Å². The Kier molecular flexibility index (Phi) is 5.22. The zero-order chi connectivity index (χ0) is 33.3. The Morgan fingerprint density at radius 3 is 1.74 bits per heavy atom. The Balaban J connectivity index is 1.16. The number of rotatable bonds is 2. The van der Waals surface area contributed by atoms with Gasteiger partial charge in [0.1, 0.15) is 11.2 Å². The van der Waals surface area contributed by atoms with Crippen LogP contribution in [-0.4, -0.2) is 9.13 Å². The number of nitriles is 1. The second-order valence-corrected chi connectivity index (χ2v) is 14.1. The zero-order valence-electron chi connectivity index (χ0n) is 27.5. The molecule has 10 aromatic rings. The van der Waals surface area contributed by atoms with E-state index < -0.39 is 0 Å². The van der Waals surface area contributed by atoms with E-state index in [4.69, 9.17) is 4.42 Å². The van der Waals surface area contributed by atoms with Gasteiger partial charge in [0.15, 0.2) is 0 Å². The first-order valence-corrected chi connectivity index (χ1v) is 17.1. The molecule has 50 heavy (non-hydrogen) atoms. The smallest absolute Gasteiger partial charge is 0.135 e. The highest BCUT2D eigenvalue weighted by Crippen LogP contribution is 2.51. The first kappa shape index (κ1) is 27.4. The molecular weight excluding hydrogens is 611 g/mol. The lowest BCUT2D eigenvalue weighted by molar-refractivity contribution is 0.661. The van der Waals surface area contributed by atoms with Gasteiger partial charge in [-0.05, 0) is 101 Å². The second kappa shape index (κ2) is 9.53. The van der Waals surface area contributed by atoms with Crippen LogP contribution < -0.4 is 0 Å². The van der Waals surface area contributed by atoms with Gasteiger partial charge < -0.3 is 13.6 Å². The van der Waals surface area contributed by atoms with Gasteiger partial charge in [-0.15, -0.1) is 0 Å². The molecule has 1 aliphatic rings. The number of benzene rings is 7. The van der Waals surface area contributed by atoms with Gasteiger partial charge in [0, 0.05) is 49.1 Å². The minimum Gasteiger partial charge on any atom is -0.456 e. The Morgan fingerprint density at radius 2 is 1.06 bits per heavy atom. The third kappa shape index (κ3) is 3.48. The summed E-state index contributed by atoms with van der Waals surface area (Å²) in [7, 11) is 0. The minimum absolute atomic E-state index is 0.0655. The molecular formula is C46H29N3O. The third-order valence-electron chi connectivity index (χ3n) is 11.1. The van der Waals surface area contributed by atoms with Gasteiger partial charge >= 0.3 is 0 Å². The van der Waals surface area contributed by atoms with Crippen molar-refractivity contribution < 1.29 is 4.42 Å². The molecule has 4 nitrogen and oxygen atoms in total. The van der Waals surface area contributed by atoms with Gasteiger partial charge in [-0.3, -0.25) is 0 Å². The summed E-state index contributed by atoms with van der Waals surface area (Å²) in [5, 5.41) is 16.5. The van der Waals surface area contributed by atoms with E-state index in [2.05, 4.69) is 156 Å². The number of hydrogen-bond donors (Lipinski definition) is 0. The van der Waals surface area contributed by atoms with Crippen LogP contribution in [0.4, 0.5) is 0 Å². The Hall–Kier alpha value is -6.57. The van der Waals surface area contributed by atoms with Crippen LogP contribution in [0.2, 0.25) is 0 Å². The number of hydrogen-bond acceptors (Lipinski definition) is 2. The van der Waals surface area contributed by atoms with Crippen LogP contribution >= 0.6 is 0 Å². The van der Waals surface area contributed by atoms with E-state index in [1.165, 1.54) is 44.1 Å². The van der Waals surface area contributed by atoms with Gasteiger partial charge in [0.25, 0.3) is 0 Å². The fourth-order valence-electron chi connectivity index (χ4n) is 8.79.